The Morgan fingerprint density at radius 2 is 1.17 bits per heavy atom. The number of carbonyl (C=O) groups is 2. The molecule has 0 spiro atoms. The van der Waals surface area contributed by atoms with Crippen molar-refractivity contribution in [2.24, 2.45) is 0 Å². The molecular weight excluding hydrogens is 304 g/mol. The fraction of sp³-hybridized carbons (Fsp3) is 0.700. The van der Waals surface area contributed by atoms with Crippen LogP contribution in [0.1, 0.15) is 90.4 Å². The van der Waals surface area contributed by atoms with Gasteiger partial charge in [-0.3, -0.25) is 9.59 Å². The van der Waals surface area contributed by atoms with E-state index < -0.39 is 11.9 Å². The normalized spacial score (nSPS) is 12.0. The standard InChI is InChI=1S/C20H34O4/c1-2-18(15-11-9-13-17-20(23)24)14-10-7-5-3-4-6-8-12-16-19(21)22/h2,5,7H,3-4,6,8-17H2,1H3,(H,21,22)(H,23,24). The molecule has 0 aromatic carbocycles. The first-order valence-electron chi connectivity index (χ1n) is 9.29. The number of hydrogen-bond donors (Lipinski definition) is 2. The molecule has 0 amide bonds. The van der Waals surface area contributed by atoms with Crippen molar-refractivity contribution in [1.82, 2.24) is 0 Å². The molecule has 0 heterocycles. The van der Waals surface area contributed by atoms with Gasteiger partial charge in [0.2, 0.25) is 0 Å². The second-order valence-electron chi connectivity index (χ2n) is 6.26. The Hall–Kier alpha value is -1.58. The monoisotopic (exact) mass is 338 g/mol. The van der Waals surface area contributed by atoms with E-state index in [4.69, 9.17) is 10.2 Å². The molecule has 4 heteroatoms. The van der Waals surface area contributed by atoms with E-state index in [2.05, 4.69) is 25.2 Å². The number of rotatable bonds is 16. The molecule has 0 aliphatic carbocycles. The van der Waals surface area contributed by atoms with E-state index in [1.807, 2.05) is 0 Å². The van der Waals surface area contributed by atoms with Crippen molar-refractivity contribution in [3.05, 3.63) is 23.8 Å². The van der Waals surface area contributed by atoms with Crippen LogP contribution in [0.3, 0.4) is 0 Å². The van der Waals surface area contributed by atoms with Crippen LogP contribution in [-0.2, 0) is 9.59 Å². The van der Waals surface area contributed by atoms with Crippen molar-refractivity contribution in [3.8, 4) is 0 Å². The van der Waals surface area contributed by atoms with Gasteiger partial charge in [0.05, 0.1) is 0 Å². The minimum absolute atomic E-state index is 0.282. The molecule has 4 nitrogen and oxygen atoms in total. The lowest BCUT2D eigenvalue weighted by Crippen LogP contribution is -1.93. The molecular formula is C20H34O4. The quantitative estimate of drug-likeness (QED) is 0.278. The number of allylic oxidation sites excluding steroid dienone is 4. The highest BCUT2D eigenvalue weighted by Crippen LogP contribution is 2.16. The molecule has 0 aliphatic rings. The van der Waals surface area contributed by atoms with Crippen LogP contribution in [0.5, 0.6) is 0 Å². The van der Waals surface area contributed by atoms with Crippen LogP contribution in [0, 0.1) is 0 Å². The van der Waals surface area contributed by atoms with Gasteiger partial charge in [-0.15, -0.1) is 0 Å². The molecule has 0 saturated heterocycles. The maximum absolute atomic E-state index is 10.4. The fourth-order valence-electron chi connectivity index (χ4n) is 2.62. The number of aliphatic carboxylic acids is 2. The van der Waals surface area contributed by atoms with E-state index in [0.717, 1.165) is 70.6 Å². The molecule has 0 saturated carbocycles. The highest BCUT2D eigenvalue weighted by Gasteiger charge is 1.99. The SMILES string of the molecule is CC=C(CCC=CCCCCCCC(=O)O)CCCCCC(=O)O. The van der Waals surface area contributed by atoms with E-state index in [0.29, 0.717) is 0 Å². The maximum atomic E-state index is 10.4. The van der Waals surface area contributed by atoms with Gasteiger partial charge in [-0.2, -0.15) is 0 Å². The van der Waals surface area contributed by atoms with Crippen LogP contribution >= 0.6 is 0 Å². The minimum atomic E-state index is -0.701. The molecule has 0 rings (SSSR count). The van der Waals surface area contributed by atoms with Crippen molar-refractivity contribution >= 4 is 11.9 Å². The summed E-state index contributed by atoms with van der Waals surface area (Å²) in [5.41, 5.74) is 1.46. The lowest BCUT2D eigenvalue weighted by Gasteiger charge is -2.05. The molecule has 0 aromatic rings. The summed E-state index contributed by atoms with van der Waals surface area (Å²) in [4.78, 5) is 20.8. The summed E-state index contributed by atoms with van der Waals surface area (Å²) in [6, 6.07) is 0. The number of carboxylic acid groups (broad SMARTS) is 2. The summed E-state index contributed by atoms with van der Waals surface area (Å²) in [5, 5.41) is 17.1. The summed E-state index contributed by atoms with van der Waals surface area (Å²) in [5.74, 6) is -1.40. The van der Waals surface area contributed by atoms with Gasteiger partial charge < -0.3 is 10.2 Å². The molecule has 2 N–H and O–H groups in total. The van der Waals surface area contributed by atoms with Gasteiger partial charge in [0.15, 0.2) is 0 Å². The number of carboxylic acids is 2. The third-order valence-electron chi connectivity index (χ3n) is 4.11. The molecule has 0 fully saturated rings. The Kier molecular flexibility index (Phi) is 15.2. The zero-order valence-electron chi connectivity index (χ0n) is 15.1. The smallest absolute Gasteiger partial charge is 0.303 e. The number of unbranched alkanes of at least 4 members (excludes halogenated alkanes) is 6. The maximum Gasteiger partial charge on any atom is 0.303 e. The van der Waals surface area contributed by atoms with E-state index in [1.54, 1.807) is 0 Å². The summed E-state index contributed by atoms with van der Waals surface area (Å²) >= 11 is 0. The molecule has 0 radical (unpaired) electrons. The van der Waals surface area contributed by atoms with Crippen LogP contribution in [-0.4, -0.2) is 22.2 Å². The summed E-state index contributed by atoms with van der Waals surface area (Å²) in [6.07, 6.45) is 18.4. The molecule has 24 heavy (non-hydrogen) atoms. The zero-order valence-corrected chi connectivity index (χ0v) is 15.1. The Morgan fingerprint density at radius 3 is 1.75 bits per heavy atom. The average Bonchev–Trinajstić information content (AvgIpc) is 2.53. The predicted octanol–water partition coefficient (Wildman–Crippen LogP) is 5.73. The van der Waals surface area contributed by atoms with Crippen molar-refractivity contribution in [2.75, 3.05) is 0 Å². The van der Waals surface area contributed by atoms with Crippen molar-refractivity contribution in [2.45, 2.75) is 90.4 Å². The first kappa shape index (κ1) is 22.4. The Balaban J connectivity index is 3.51. The molecule has 0 aromatic heterocycles. The van der Waals surface area contributed by atoms with Gasteiger partial charge in [-0.25, -0.2) is 0 Å². The predicted molar refractivity (Wildman–Crippen MR) is 98.2 cm³/mol. The van der Waals surface area contributed by atoms with Crippen molar-refractivity contribution in [1.29, 1.82) is 0 Å². The van der Waals surface area contributed by atoms with Crippen LogP contribution in [0.4, 0.5) is 0 Å². The summed E-state index contributed by atoms with van der Waals surface area (Å²) in [7, 11) is 0. The van der Waals surface area contributed by atoms with E-state index in [-0.39, 0.29) is 12.8 Å². The van der Waals surface area contributed by atoms with Gasteiger partial charge in [-0.1, -0.05) is 43.1 Å². The van der Waals surface area contributed by atoms with Gasteiger partial charge in [0.25, 0.3) is 0 Å². The molecule has 0 atom stereocenters. The second kappa shape index (κ2) is 16.3. The van der Waals surface area contributed by atoms with E-state index in [9.17, 15) is 9.59 Å². The largest absolute Gasteiger partial charge is 0.481 e. The van der Waals surface area contributed by atoms with Crippen LogP contribution < -0.4 is 0 Å². The molecule has 138 valence electrons. The summed E-state index contributed by atoms with van der Waals surface area (Å²) in [6.45, 7) is 2.08. The van der Waals surface area contributed by atoms with Gasteiger partial charge >= 0.3 is 11.9 Å². The molecule has 0 unspecified atom stereocenters. The summed E-state index contributed by atoms with van der Waals surface area (Å²) < 4.78 is 0. The first-order valence-corrected chi connectivity index (χ1v) is 9.29. The zero-order chi connectivity index (χ0) is 18.0. The lowest BCUT2D eigenvalue weighted by molar-refractivity contribution is -0.138. The third-order valence-corrected chi connectivity index (χ3v) is 4.11. The van der Waals surface area contributed by atoms with Gasteiger partial charge in [0, 0.05) is 12.8 Å². The topological polar surface area (TPSA) is 74.6 Å². The van der Waals surface area contributed by atoms with Crippen LogP contribution in [0.25, 0.3) is 0 Å². The van der Waals surface area contributed by atoms with Gasteiger partial charge in [-0.05, 0) is 58.3 Å². The number of hydrogen-bond acceptors (Lipinski definition) is 2. The second-order valence-corrected chi connectivity index (χ2v) is 6.26. The Labute approximate surface area is 146 Å². The van der Waals surface area contributed by atoms with Crippen LogP contribution in [0.15, 0.2) is 23.8 Å². The Bertz CT molecular complexity index is 396. The highest BCUT2D eigenvalue weighted by atomic mass is 16.4. The van der Waals surface area contributed by atoms with Crippen LogP contribution in [0.2, 0.25) is 0 Å². The first-order chi connectivity index (χ1) is 11.6. The fourth-order valence-corrected chi connectivity index (χ4v) is 2.62. The lowest BCUT2D eigenvalue weighted by atomic mass is 10.0. The van der Waals surface area contributed by atoms with Crippen molar-refractivity contribution < 1.29 is 19.8 Å². The highest BCUT2D eigenvalue weighted by molar-refractivity contribution is 5.66. The molecule has 0 aliphatic heterocycles. The van der Waals surface area contributed by atoms with Gasteiger partial charge in [0.1, 0.15) is 0 Å². The minimum Gasteiger partial charge on any atom is -0.481 e. The average molecular weight is 338 g/mol. The Morgan fingerprint density at radius 1 is 0.667 bits per heavy atom. The third kappa shape index (κ3) is 16.8. The van der Waals surface area contributed by atoms with E-state index in [1.165, 1.54) is 5.57 Å². The van der Waals surface area contributed by atoms with E-state index >= 15 is 0 Å². The molecule has 0 bridgehead atoms. The van der Waals surface area contributed by atoms with Crippen molar-refractivity contribution in [3.63, 3.8) is 0 Å².